The van der Waals surface area contributed by atoms with E-state index in [0.717, 1.165) is 17.9 Å². The largest absolute Gasteiger partial charge is 0.494 e. The number of rotatable bonds is 7. The molecule has 0 aliphatic carbocycles. The third kappa shape index (κ3) is 5.66. The molecule has 0 aliphatic rings. The second kappa shape index (κ2) is 8.65. The minimum Gasteiger partial charge on any atom is -0.494 e. The van der Waals surface area contributed by atoms with Gasteiger partial charge in [-0.15, -0.1) is 0 Å². The van der Waals surface area contributed by atoms with Gasteiger partial charge in [-0.3, -0.25) is 4.79 Å². The van der Waals surface area contributed by atoms with E-state index in [-0.39, 0.29) is 12.5 Å². The molecule has 0 saturated heterocycles. The monoisotopic (exact) mass is 352 g/mol. The van der Waals surface area contributed by atoms with Crippen molar-refractivity contribution in [2.75, 3.05) is 23.8 Å². The minimum absolute atomic E-state index is 0.133. The van der Waals surface area contributed by atoms with Crippen LogP contribution >= 0.6 is 23.2 Å². The summed E-state index contributed by atoms with van der Waals surface area (Å²) in [6.07, 6.45) is 0.966. The first kappa shape index (κ1) is 17.4. The van der Waals surface area contributed by atoms with E-state index in [9.17, 15) is 4.79 Å². The lowest BCUT2D eigenvalue weighted by Crippen LogP contribution is -2.21. The Labute approximate surface area is 145 Å². The molecule has 2 rings (SSSR count). The van der Waals surface area contributed by atoms with Crippen LogP contribution in [0.4, 0.5) is 11.4 Å². The number of amides is 1. The van der Waals surface area contributed by atoms with E-state index in [1.165, 1.54) is 0 Å². The van der Waals surface area contributed by atoms with Crippen LogP contribution in [0.25, 0.3) is 0 Å². The molecule has 0 bridgehead atoms. The zero-order valence-corrected chi connectivity index (χ0v) is 14.2. The van der Waals surface area contributed by atoms with Gasteiger partial charge in [0.05, 0.1) is 23.9 Å². The standard InChI is InChI=1S/C17H18Cl2N2O2/c1-2-9-23-14-6-4-13(5-7-14)20-11-17(22)21-16-8-3-12(18)10-15(16)19/h3-8,10,20H,2,9,11H2,1H3,(H,21,22). The minimum atomic E-state index is -0.194. The molecule has 0 fully saturated rings. The number of carbonyl (C=O) groups excluding carboxylic acids is 1. The fraction of sp³-hybridized carbons (Fsp3) is 0.235. The molecule has 0 radical (unpaired) electrons. The molecule has 122 valence electrons. The van der Waals surface area contributed by atoms with Gasteiger partial charge in [-0.25, -0.2) is 0 Å². The molecule has 2 N–H and O–H groups in total. The van der Waals surface area contributed by atoms with Gasteiger partial charge in [0.25, 0.3) is 0 Å². The average Bonchev–Trinajstić information content (AvgIpc) is 2.54. The molecule has 0 atom stereocenters. The highest BCUT2D eigenvalue weighted by molar-refractivity contribution is 6.36. The Balaban J connectivity index is 1.84. The van der Waals surface area contributed by atoms with Gasteiger partial charge in [-0.05, 0) is 48.9 Å². The molecule has 23 heavy (non-hydrogen) atoms. The number of halogens is 2. The third-order valence-corrected chi connectivity index (χ3v) is 3.53. The average molecular weight is 353 g/mol. The highest BCUT2D eigenvalue weighted by atomic mass is 35.5. The molecule has 0 heterocycles. The first-order valence-electron chi connectivity index (χ1n) is 7.30. The second-order valence-corrected chi connectivity index (χ2v) is 5.74. The normalized spacial score (nSPS) is 10.2. The molecule has 2 aromatic rings. The second-order valence-electron chi connectivity index (χ2n) is 4.90. The summed E-state index contributed by atoms with van der Waals surface area (Å²) in [5, 5.41) is 6.70. The Hall–Kier alpha value is -1.91. The van der Waals surface area contributed by atoms with Crippen LogP contribution in [0.15, 0.2) is 42.5 Å². The van der Waals surface area contributed by atoms with E-state index in [1.807, 2.05) is 24.3 Å². The van der Waals surface area contributed by atoms with E-state index >= 15 is 0 Å². The summed E-state index contributed by atoms with van der Waals surface area (Å²) < 4.78 is 5.51. The van der Waals surface area contributed by atoms with Gasteiger partial charge in [0.1, 0.15) is 5.75 Å². The van der Waals surface area contributed by atoms with Gasteiger partial charge in [0.2, 0.25) is 5.91 Å². The van der Waals surface area contributed by atoms with Gasteiger partial charge in [-0.1, -0.05) is 30.1 Å². The highest BCUT2D eigenvalue weighted by Gasteiger charge is 2.06. The lowest BCUT2D eigenvalue weighted by atomic mass is 10.3. The third-order valence-electron chi connectivity index (χ3n) is 2.99. The van der Waals surface area contributed by atoms with Crippen molar-refractivity contribution in [3.8, 4) is 5.75 Å². The number of hydrogen-bond acceptors (Lipinski definition) is 3. The SMILES string of the molecule is CCCOc1ccc(NCC(=O)Nc2ccc(Cl)cc2Cl)cc1. The summed E-state index contributed by atoms with van der Waals surface area (Å²) in [6, 6.07) is 12.4. The van der Waals surface area contributed by atoms with Crippen molar-refractivity contribution in [1.82, 2.24) is 0 Å². The van der Waals surface area contributed by atoms with Crippen LogP contribution in [0.1, 0.15) is 13.3 Å². The van der Waals surface area contributed by atoms with E-state index in [2.05, 4.69) is 17.6 Å². The van der Waals surface area contributed by atoms with E-state index in [4.69, 9.17) is 27.9 Å². The molecule has 2 aromatic carbocycles. The van der Waals surface area contributed by atoms with Crippen LogP contribution in [0.3, 0.4) is 0 Å². The maximum atomic E-state index is 11.9. The van der Waals surface area contributed by atoms with Crippen molar-refractivity contribution < 1.29 is 9.53 Å². The predicted molar refractivity (Wildman–Crippen MR) is 95.8 cm³/mol. The van der Waals surface area contributed by atoms with Crippen LogP contribution < -0.4 is 15.4 Å². The number of anilines is 2. The smallest absolute Gasteiger partial charge is 0.243 e. The molecular weight excluding hydrogens is 335 g/mol. The summed E-state index contributed by atoms with van der Waals surface area (Å²) >= 11 is 11.8. The fourth-order valence-electron chi connectivity index (χ4n) is 1.86. The number of carbonyl (C=O) groups is 1. The maximum Gasteiger partial charge on any atom is 0.243 e. The van der Waals surface area contributed by atoms with E-state index in [0.29, 0.717) is 22.3 Å². The first-order chi connectivity index (χ1) is 11.1. The molecule has 4 nitrogen and oxygen atoms in total. The van der Waals surface area contributed by atoms with Crippen LogP contribution in [0, 0.1) is 0 Å². The summed E-state index contributed by atoms with van der Waals surface area (Å²) in [4.78, 5) is 11.9. The Kier molecular flexibility index (Phi) is 6.56. The van der Waals surface area contributed by atoms with Crippen molar-refractivity contribution in [2.45, 2.75) is 13.3 Å². The first-order valence-corrected chi connectivity index (χ1v) is 8.05. The number of ether oxygens (including phenoxy) is 1. The number of benzene rings is 2. The number of hydrogen-bond donors (Lipinski definition) is 2. The summed E-state index contributed by atoms with van der Waals surface area (Å²) in [7, 11) is 0. The number of nitrogens with one attached hydrogen (secondary N) is 2. The van der Waals surface area contributed by atoms with E-state index < -0.39 is 0 Å². The molecule has 6 heteroatoms. The van der Waals surface area contributed by atoms with Crippen LogP contribution in [0.2, 0.25) is 10.0 Å². The van der Waals surface area contributed by atoms with Crippen molar-refractivity contribution in [1.29, 1.82) is 0 Å². The predicted octanol–water partition coefficient (Wildman–Crippen LogP) is 4.83. The van der Waals surface area contributed by atoms with Crippen molar-refractivity contribution in [3.63, 3.8) is 0 Å². The van der Waals surface area contributed by atoms with E-state index in [1.54, 1.807) is 18.2 Å². The molecular formula is C17H18Cl2N2O2. The lowest BCUT2D eigenvalue weighted by molar-refractivity contribution is -0.114. The Morgan fingerprint density at radius 2 is 1.87 bits per heavy atom. The van der Waals surface area contributed by atoms with Gasteiger partial charge >= 0.3 is 0 Å². The van der Waals surface area contributed by atoms with Crippen molar-refractivity contribution in [2.24, 2.45) is 0 Å². The molecule has 0 aromatic heterocycles. The Morgan fingerprint density at radius 1 is 1.13 bits per heavy atom. The molecule has 0 saturated carbocycles. The molecule has 0 aliphatic heterocycles. The van der Waals surface area contributed by atoms with Gasteiger partial charge in [-0.2, -0.15) is 0 Å². The van der Waals surface area contributed by atoms with Crippen LogP contribution in [0.5, 0.6) is 5.75 Å². The molecule has 0 unspecified atom stereocenters. The zero-order chi connectivity index (χ0) is 16.7. The Bertz CT molecular complexity index is 660. The van der Waals surface area contributed by atoms with Gasteiger partial charge in [0.15, 0.2) is 0 Å². The molecule has 1 amide bonds. The van der Waals surface area contributed by atoms with Crippen LogP contribution in [-0.2, 0) is 4.79 Å². The Morgan fingerprint density at radius 3 is 2.52 bits per heavy atom. The lowest BCUT2D eigenvalue weighted by Gasteiger charge is -2.10. The van der Waals surface area contributed by atoms with Gasteiger partial charge in [0, 0.05) is 10.7 Å². The summed E-state index contributed by atoms with van der Waals surface area (Å²) in [6.45, 7) is 2.88. The fourth-order valence-corrected chi connectivity index (χ4v) is 2.31. The topological polar surface area (TPSA) is 50.4 Å². The maximum absolute atomic E-state index is 11.9. The van der Waals surface area contributed by atoms with Crippen LogP contribution in [-0.4, -0.2) is 19.1 Å². The van der Waals surface area contributed by atoms with Crippen molar-refractivity contribution >= 4 is 40.5 Å². The van der Waals surface area contributed by atoms with Crippen molar-refractivity contribution in [3.05, 3.63) is 52.5 Å². The highest BCUT2D eigenvalue weighted by Crippen LogP contribution is 2.25. The zero-order valence-electron chi connectivity index (χ0n) is 12.7. The molecule has 0 spiro atoms. The quantitative estimate of drug-likeness (QED) is 0.749. The summed E-state index contributed by atoms with van der Waals surface area (Å²) in [5.41, 5.74) is 1.37. The summed E-state index contributed by atoms with van der Waals surface area (Å²) in [5.74, 6) is 0.621. The van der Waals surface area contributed by atoms with Gasteiger partial charge < -0.3 is 15.4 Å².